The number of aromatic nitrogens is 1. The minimum atomic E-state index is 0.549. The molecular weight excluding hydrogens is 320 g/mol. The van der Waals surface area contributed by atoms with E-state index in [9.17, 15) is 0 Å². The first-order chi connectivity index (χ1) is 11.7. The summed E-state index contributed by atoms with van der Waals surface area (Å²) in [6, 6.07) is 8.21. The Labute approximate surface area is 148 Å². The van der Waals surface area contributed by atoms with Crippen LogP contribution in [0.25, 0.3) is 0 Å². The van der Waals surface area contributed by atoms with Crippen LogP contribution in [0.1, 0.15) is 24.3 Å². The molecule has 0 aromatic carbocycles. The summed E-state index contributed by atoms with van der Waals surface area (Å²) >= 11 is 1.81. The molecule has 5 nitrogen and oxygen atoms in total. The summed E-state index contributed by atoms with van der Waals surface area (Å²) < 4.78 is 5.42. The first kappa shape index (κ1) is 18.3. The van der Waals surface area contributed by atoms with E-state index in [1.807, 2.05) is 30.4 Å². The molecule has 0 radical (unpaired) electrons. The second-order valence-corrected chi connectivity index (χ2v) is 6.66. The molecule has 0 spiro atoms. The average molecular weight is 346 g/mol. The molecule has 0 fully saturated rings. The lowest BCUT2D eigenvalue weighted by Crippen LogP contribution is -2.39. The zero-order valence-electron chi connectivity index (χ0n) is 14.6. The second kappa shape index (κ2) is 9.93. The molecular formula is C18H26N4OS. The fourth-order valence-corrected chi connectivity index (χ4v) is 3.18. The SMILES string of the molecule is CCOc1cc(CNC(=NC)NCC(C)Cc2cccs2)ccn1. The highest BCUT2D eigenvalue weighted by molar-refractivity contribution is 7.09. The molecule has 0 saturated carbocycles. The Kier molecular flexibility index (Phi) is 7.55. The predicted octanol–water partition coefficient (Wildman–Crippen LogP) is 3.09. The van der Waals surface area contributed by atoms with Crippen LogP contribution in [-0.2, 0) is 13.0 Å². The number of rotatable bonds is 8. The van der Waals surface area contributed by atoms with Crippen molar-refractivity contribution in [1.29, 1.82) is 0 Å². The molecule has 2 heterocycles. The number of ether oxygens (including phenoxy) is 1. The molecule has 1 unspecified atom stereocenters. The molecule has 2 aromatic rings. The molecule has 2 rings (SSSR count). The molecule has 0 aliphatic rings. The number of hydrogen-bond acceptors (Lipinski definition) is 4. The van der Waals surface area contributed by atoms with E-state index < -0.39 is 0 Å². The van der Waals surface area contributed by atoms with Crippen molar-refractivity contribution < 1.29 is 4.74 Å². The van der Waals surface area contributed by atoms with Crippen molar-refractivity contribution in [2.24, 2.45) is 10.9 Å². The summed E-state index contributed by atoms with van der Waals surface area (Å²) in [6.07, 6.45) is 2.85. The van der Waals surface area contributed by atoms with Crippen molar-refractivity contribution in [2.75, 3.05) is 20.2 Å². The Hall–Kier alpha value is -2.08. The summed E-state index contributed by atoms with van der Waals surface area (Å²) in [5.41, 5.74) is 1.11. The molecule has 0 amide bonds. The summed E-state index contributed by atoms with van der Waals surface area (Å²) in [6.45, 7) is 6.39. The molecule has 0 saturated heterocycles. The molecule has 0 aliphatic carbocycles. The van der Waals surface area contributed by atoms with Crippen molar-refractivity contribution >= 4 is 17.3 Å². The molecule has 2 N–H and O–H groups in total. The Morgan fingerprint density at radius 2 is 2.25 bits per heavy atom. The van der Waals surface area contributed by atoms with E-state index in [1.165, 1.54) is 4.88 Å². The topological polar surface area (TPSA) is 58.5 Å². The number of nitrogens with one attached hydrogen (secondary N) is 2. The number of hydrogen-bond donors (Lipinski definition) is 2. The van der Waals surface area contributed by atoms with E-state index in [4.69, 9.17) is 4.74 Å². The molecule has 24 heavy (non-hydrogen) atoms. The number of thiophene rings is 1. The quantitative estimate of drug-likeness (QED) is 0.570. The summed E-state index contributed by atoms with van der Waals surface area (Å²) in [5.74, 6) is 2.01. The predicted molar refractivity (Wildman–Crippen MR) is 101 cm³/mol. The molecule has 2 aromatic heterocycles. The normalized spacial score (nSPS) is 12.7. The molecule has 6 heteroatoms. The highest BCUT2D eigenvalue weighted by atomic mass is 32.1. The highest BCUT2D eigenvalue weighted by Crippen LogP contribution is 2.13. The van der Waals surface area contributed by atoms with Gasteiger partial charge >= 0.3 is 0 Å². The van der Waals surface area contributed by atoms with Gasteiger partial charge in [0.05, 0.1) is 6.61 Å². The third-order valence-electron chi connectivity index (χ3n) is 3.52. The van der Waals surface area contributed by atoms with Gasteiger partial charge in [-0.2, -0.15) is 0 Å². The van der Waals surface area contributed by atoms with Crippen LogP contribution in [0.15, 0.2) is 40.8 Å². The monoisotopic (exact) mass is 346 g/mol. The zero-order valence-corrected chi connectivity index (χ0v) is 15.4. The number of nitrogens with zero attached hydrogens (tertiary/aromatic N) is 2. The molecule has 1 atom stereocenters. The van der Waals surface area contributed by atoms with Gasteiger partial charge in [-0.15, -0.1) is 11.3 Å². The maximum Gasteiger partial charge on any atom is 0.213 e. The van der Waals surface area contributed by atoms with Crippen molar-refractivity contribution in [3.8, 4) is 5.88 Å². The zero-order chi connectivity index (χ0) is 17.2. The van der Waals surface area contributed by atoms with Gasteiger partial charge < -0.3 is 15.4 Å². The van der Waals surface area contributed by atoms with E-state index in [2.05, 4.69) is 45.0 Å². The van der Waals surface area contributed by atoms with Gasteiger partial charge in [0, 0.05) is 37.3 Å². The van der Waals surface area contributed by atoms with Crippen molar-refractivity contribution in [3.05, 3.63) is 46.3 Å². The van der Waals surface area contributed by atoms with Crippen molar-refractivity contribution in [1.82, 2.24) is 15.6 Å². The van der Waals surface area contributed by atoms with E-state index in [0.717, 1.165) is 24.5 Å². The first-order valence-electron chi connectivity index (χ1n) is 8.26. The first-order valence-corrected chi connectivity index (χ1v) is 9.13. The van der Waals surface area contributed by atoms with E-state index in [0.29, 0.717) is 24.9 Å². The minimum absolute atomic E-state index is 0.549. The smallest absolute Gasteiger partial charge is 0.213 e. The van der Waals surface area contributed by atoms with Gasteiger partial charge in [0.15, 0.2) is 5.96 Å². The average Bonchev–Trinajstić information content (AvgIpc) is 3.08. The van der Waals surface area contributed by atoms with Crippen molar-refractivity contribution in [3.63, 3.8) is 0 Å². The Morgan fingerprint density at radius 3 is 2.96 bits per heavy atom. The lowest BCUT2D eigenvalue weighted by Gasteiger charge is -2.16. The van der Waals surface area contributed by atoms with Gasteiger partial charge in [-0.25, -0.2) is 4.98 Å². The van der Waals surface area contributed by atoms with Crippen LogP contribution in [0.5, 0.6) is 5.88 Å². The Bertz CT molecular complexity index is 628. The van der Waals surface area contributed by atoms with Crippen molar-refractivity contribution in [2.45, 2.75) is 26.8 Å². The van der Waals surface area contributed by atoms with E-state index in [1.54, 1.807) is 13.2 Å². The fourth-order valence-electron chi connectivity index (χ4n) is 2.31. The second-order valence-electron chi connectivity index (χ2n) is 5.63. The van der Waals surface area contributed by atoms with E-state index in [-0.39, 0.29) is 0 Å². The minimum Gasteiger partial charge on any atom is -0.478 e. The standard InChI is InChI=1S/C18H26N4OS/c1-4-23-17-11-15(7-8-20-17)13-22-18(19-3)21-12-14(2)10-16-6-5-9-24-16/h5-9,11,14H,4,10,12-13H2,1-3H3,(H2,19,21,22). The number of guanidine groups is 1. The molecule has 130 valence electrons. The van der Waals surface area contributed by atoms with Gasteiger partial charge in [-0.1, -0.05) is 13.0 Å². The van der Waals surface area contributed by atoms with Crippen LogP contribution in [0.2, 0.25) is 0 Å². The van der Waals surface area contributed by atoms with Crippen LogP contribution < -0.4 is 15.4 Å². The third kappa shape index (κ3) is 6.20. The Morgan fingerprint density at radius 1 is 1.38 bits per heavy atom. The summed E-state index contributed by atoms with van der Waals surface area (Å²) in [4.78, 5) is 9.88. The van der Waals surface area contributed by atoms with Crippen LogP contribution in [0, 0.1) is 5.92 Å². The lowest BCUT2D eigenvalue weighted by molar-refractivity contribution is 0.326. The largest absolute Gasteiger partial charge is 0.478 e. The summed E-state index contributed by atoms with van der Waals surface area (Å²) in [7, 11) is 1.79. The van der Waals surface area contributed by atoms with Crippen LogP contribution in [-0.4, -0.2) is 31.1 Å². The van der Waals surface area contributed by atoms with Gasteiger partial charge in [-0.3, -0.25) is 4.99 Å². The van der Waals surface area contributed by atoms with Gasteiger partial charge in [0.1, 0.15) is 0 Å². The summed E-state index contributed by atoms with van der Waals surface area (Å²) in [5, 5.41) is 8.84. The fraction of sp³-hybridized carbons (Fsp3) is 0.444. The van der Waals surface area contributed by atoms with Crippen LogP contribution >= 0.6 is 11.3 Å². The van der Waals surface area contributed by atoms with Crippen LogP contribution in [0.3, 0.4) is 0 Å². The Balaban J connectivity index is 1.76. The number of aliphatic imine (C=N–C) groups is 1. The third-order valence-corrected chi connectivity index (χ3v) is 4.42. The maximum absolute atomic E-state index is 5.42. The van der Waals surface area contributed by atoms with Gasteiger partial charge in [0.2, 0.25) is 5.88 Å². The molecule has 0 bridgehead atoms. The van der Waals surface area contributed by atoms with Gasteiger partial charge in [0.25, 0.3) is 0 Å². The van der Waals surface area contributed by atoms with Crippen LogP contribution in [0.4, 0.5) is 0 Å². The number of pyridine rings is 1. The van der Waals surface area contributed by atoms with Gasteiger partial charge in [-0.05, 0) is 42.3 Å². The van der Waals surface area contributed by atoms with E-state index >= 15 is 0 Å². The molecule has 0 aliphatic heterocycles. The lowest BCUT2D eigenvalue weighted by atomic mass is 10.1. The highest BCUT2D eigenvalue weighted by Gasteiger charge is 2.06. The maximum atomic E-state index is 5.42.